The highest BCUT2D eigenvalue weighted by Crippen LogP contribution is 1.84. The third kappa shape index (κ3) is 3.87. The summed E-state index contributed by atoms with van der Waals surface area (Å²) in [4.78, 5) is 0. The highest BCUT2D eigenvalue weighted by molar-refractivity contribution is 7.71. The van der Waals surface area contributed by atoms with Gasteiger partial charge < -0.3 is 5.73 Å². The molecule has 9 heavy (non-hydrogen) atoms. The van der Waals surface area contributed by atoms with Crippen LogP contribution in [0.3, 0.4) is 0 Å². The van der Waals surface area contributed by atoms with E-state index in [2.05, 4.69) is 0 Å². The fraction of sp³-hybridized carbons (Fsp3) is 0.250. The van der Waals surface area contributed by atoms with Crippen LogP contribution in [0.4, 0.5) is 4.39 Å². The van der Waals surface area contributed by atoms with Crippen LogP contribution in [0.2, 0.25) is 0 Å². The van der Waals surface area contributed by atoms with Gasteiger partial charge in [0.2, 0.25) is 10.3 Å². The van der Waals surface area contributed by atoms with E-state index in [-0.39, 0.29) is 18.4 Å². The van der Waals surface area contributed by atoms with E-state index in [0.29, 0.717) is 0 Å². The second-order valence-electron chi connectivity index (χ2n) is 1.27. The lowest BCUT2D eigenvalue weighted by Crippen LogP contribution is -2.03. The molecule has 0 amide bonds. The molecule has 0 spiro atoms. The molecule has 0 radical (unpaired) electrons. The number of halogens is 1. The molecule has 0 aromatic heterocycles. The Morgan fingerprint density at radius 1 is 1.67 bits per heavy atom. The molecular weight excluding hydrogens is 145 g/mol. The summed E-state index contributed by atoms with van der Waals surface area (Å²) in [6.45, 7) is -0.107. The maximum atomic E-state index is 11.5. The van der Waals surface area contributed by atoms with Crippen molar-refractivity contribution < 1.29 is 12.8 Å². The minimum atomic E-state index is -2.36. The van der Waals surface area contributed by atoms with Crippen LogP contribution < -0.4 is 5.73 Å². The highest BCUT2D eigenvalue weighted by Gasteiger charge is 1.86. The van der Waals surface area contributed by atoms with Crippen molar-refractivity contribution >= 4 is 15.7 Å². The molecule has 0 aliphatic heterocycles. The zero-order chi connectivity index (χ0) is 7.28. The van der Waals surface area contributed by atoms with Crippen LogP contribution >= 0.6 is 0 Å². The van der Waals surface area contributed by atoms with Crippen molar-refractivity contribution in [2.24, 2.45) is 5.73 Å². The maximum Gasteiger partial charge on any atom is 0.214 e. The van der Waals surface area contributed by atoms with Crippen molar-refractivity contribution in [3.8, 4) is 0 Å². The summed E-state index contributed by atoms with van der Waals surface area (Å²) in [5.74, 6) is 0. The molecule has 2 N–H and O–H groups in total. The third-order valence-corrected chi connectivity index (χ3v) is 1.12. The molecule has 0 aliphatic carbocycles. The van der Waals surface area contributed by atoms with E-state index in [1.54, 1.807) is 0 Å². The van der Waals surface area contributed by atoms with Crippen LogP contribution in [0.1, 0.15) is 0 Å². The van der Waals surface area contributed by atoms with E-state index in [1.807, 2.05) is 0 Å². The smallest absolute Gasteiger partial charge is 0.214 e. The molecular formula is C4H6FNO2S. The van der Waals surface area contributed by atoms with Gasteiger partial charge in [0.05, 0.1) is 11.7 Å². The van der Waals surface area contributed by atoms with Crippen LogP contribution in [0, 0.1) is 0 Å². The predicted molar refractivity (Wildman–Crippen MR) is 33.2 cm³/mol. The molecule has 0 aromatic carbocycles. The van der Waals surface area contributed by atoms with Crippen LogP contribution in [0.5, 0.6) is 0 Å². The van der Waals surface area contributed by atoms with Gasteiger partial charge in [-0.1, -0.05) is 0 Å². The van der Waals surface area contributed by atoms with Crippen molar-refractivity contribution in [2.75, 3.05) is 6.54 Å². The summed E-state index contributed by atoms with van der Waals surface area (Å²) in [5.41, 5.74) is 4.88. The summed E-state index contributed by atoms with van der Waals surface area (Å²) in [7, 11) is -2.36. The molecule has 3 nitrogen and oxygen atoms in total. The molecule has 52 valence electrons. The van der Waals surface area contributed by atoms with E-state index in [9.17, 15) is 12.8 Å². The van der Waals surface area contributed by atoms with Gasteiger partial charge in [-0.2, -0.15) is 8.42 Å². The Hall–Kier alpha value is -0.680. The van der Waals surface area contributed by atoms with Crippen molar-refractivity contribution in [1.82, 2.24) is 0 Å². The van der Waals surface area contributed by atoms with Crippen LogP contribution in [0.15, 0.2) is 11.9 Å². The van der Waals surface area contributed by atoms with Crippen molar-refractivity contribution in [3.63, 3.8) is 0 Å². The normalized spacial score (nSPS) is 11.1. The summed E-state index contributed by atoms with van der Waals surface area (Å²) in [6, 6.07) is 0. The average Bonchev–Trinajstić information content (AvgIpc) is 1.82. The van der Waals surface area contributed by atoms with Crippen molar-refractivity contribution in [3.05, 3.63) is 11.9 Å². The molecule has 0 saturated heterocycles. The molecule has 0 unspecified atom stereocenters. The number of nitrogens with two attached hydrogens (primary N) is 1. The Balaban J connectivity index is 4.38. The molecule has 0 aliphatic rings. The van der Waals surface area contributed by atoms with E-state index in [0.717, 1.165) is 5.37 Å². The highest BCUT2D eigenvalue weighted by atomic mass is 32.2. The zero-order valence-corrected chi connectivity index (χ0v) is 5.36. The van der Waals surface area contributed by atoms with Gasteiger partial charge in [-0.25, -0.2) is 4.39 Å². The lowest BCUT2D eigenvalue weighted by molar-refractivity contribution is 0.627. The second-order valence-corrected chi connectivity index (χ2v) is 2.02. The molecule has 0 saturated carbocycles. The first-order chi connectivity index (χ1) is 4.20. The van der Waals surface area contributed by atoms with Gasteiger partial charge in [0, 0.05) is 12.1 Å². The fourth-order valence-electron chi connectivity index (χ4n) is 0.242. The second kappa shape index (κ2) is 4.22. The van der Waals surface area contributed by atoms with E-state index in [4.69, 9.17) is 5.73 Å². The lowest BCUT2D eigenvalue weighted by atomic mass is 10.4. The predicted octanol–water partition coefficient (Wildman–Crippen LogP) is -0.520. The van der Waals surface area contributed by atoms with Gasteiger partial charge in [0.25, 0.3) is 0 Å². The Kier molecular flexibility index (Phi) is 3.90. The zero-order valence-electron chi connectivity index (χ0n) is 4.54. The molecule has 0 heterocycles. The van der Waals surface area contributed by atoms with Gasteiger partial charge in [0.15, 0.2) is 0 Å². The van der Waals surface area contributed by atoms with Gasteiger partial charge >= 0.3 is 0 Å². The third-order valence-electron chi connectivity index (χ3n) is 0.623. The minimum absolute atomic E-state index is 0.0386. The first kappa shape index (κ1) is 8.32. The summed E-state index contributed by atoms with van der Waals surface area (Å²) < 4.78 is 31.1. The van der Waals surface area contributed by atoms with Crippen LogP contribution in [-0.4, -0.2) is 20.3 Å². The van der Waals surface area contributed by atoms with Gasteiger partial charge in [-0.05, 0) is 0 Å². The molecule has 5 heteroatoms. The molecule has 0 atom stereocenters. The average molecular weight is 151 g/mol. The lowest BCUT2D eigenvalue weighted by Gasteiger charge is -1.84. The van der Waals surface area contributed by atoms with Crippen molar-refractivity contribution in [2.45, 2.75) is 0 Å². The first-order valence-electron chi connectivity index (χ1n) is 2.13. The Morgan fingerprint density at radius 2 is 2.22 bits per heavy atom. The van der Waals surface area contributed by atoms with Crippen molar-refractivity contribution in [1.29, 1.82) is 0 Å². The number of hydrogen-bond donors (Lipinski definition) is 1. The van der Waals surface area contributed by atoms with Gasteiger partial charge in [0.1, 0.15) is 0 Å². The first-order valence-corrected chi connectivity index (χ1v) is 3.26. The van der Waals surface area contributed by atoms with E-state index < -0.39 is 10.3 Å². The molecule has 0 bridgehead atoms. The monoisotopic (exact) mass is 151 g/mol. The minimum Gasteiger partial charge on any atom is -0.326 e. The van der Waals surface area contributed by atoms with Gasteiger partial charge in [-0.3, -0.25) is 0 Å². The fourth-order valence-corrected chi connectivity index (χ4v) is 0.637. The molecule has 0 rings (SSSR count). The molecule has 0 aromatic rings. The van der Waals surface area contributed by atoms with E-state index >= 15 is 0 Å². The largest absolute Gasteiger partial charge is 0.326 e. The molecule has 0 fully saturated rings. The van der Waals surface area contributed by atoms with Crippen LogP contribution in [0.25, 0.3) is 0 Å². The SMILES string of the molecule is NCC(=CF)C=S(=O)=O. The summed E-state index contributed by atoms with van der Waals surface area (Å²) >= 11 is 0. The van der Waals surface area contributed by atoms with E-state index in [1.165, 1.54) is 0 Å². The Labute approximate surface area is 53.5 Å². The Bertz CT molecular complexity index is 221. The quantitative estimate of drug-likeness (QED) is 0.426. The summed E-state index contributed by atoms with van der Waals surface area (Å²) in [6.07, 6.45) is 0.163. The Morgan fingerprint density at radius 3 is 2.33 bits per heavy atom. The van der Waals surface area contributed by atoms with Crippen LogP contribution in [-0.2, 0) is 10.3 Å². The number of rotatable bonds is 2. The standard InChI is InChI=1S/C4H6FNO2S/c5-1-4(2-6)3-9(7)8/h1,3H,2,6H2. The topological polar surface area (TPSA) is 60.2 Å². The summed E-state index contributed by atoms with van der Waals surface area (Å²) in [5, 5.41) is 0.722. The van der Waals surface area contributed by atoms with Gasteiger partial charge in [-0.15, -0.1) is 0 Å². The number of hydrogen-bond acceptors (Lipinski definition) is 3. The maximum absolute atomic E-state index is 11.5.